The van der Waals surface area contributed by atoms with E-state index in [0.717, 1.165) is 34.1 Å². The Morgan fingerprint density at radius 1 is 0.800 bits per heavy atom. The van der Waals surface area contributed by atoms with E-state index >= 15 is 0 Å². The van der Waals surface area contributed by atoms with E-state index in [-0.39, 0.29) is 18.0 Å². The lowest BCUT2D eigenvalue weighted by molar-refractivity contribution is 0.0891. The Morgan fingerprint density at radius 2 is 1.57 bits per heavy atom. The standard InChI is InChI=1S/C30H25N3O2/c1-21-14-15-31-27(16-21)30(35)19-29(34)24-11-7-10-23(17-24)20-33-28-13-6-5-12-25(28)26(32-33)18-22-8-3-2-4-9-22/h2-17H,18-20H2,1H3. The third kappa shape index (κ3) is 5.09. The number of rotatable bonds is 8. The van der Waals surface area contributed by atoms with Crippen LogP contribution >= 0.6 is 0 Å². The lowest BCUT2D eigenvalue weighted by Crippen LogP contribution is -2.11. The Labute approximate surface area is 204 Å². The molecule has 5 aromatic rings. The number of fused-ring (bicyclic) bond motifs is 1. The van der Waals surface area contributed by atoms with Gasteiger partial charge in [-0.15, -0.1) is 0 Å². The minimum absolute atomic E-state index is 0.203. The van der Waals surface area contributed by atoms with Crippen molar-refractivity contribution in [3.8, 4) is 0 Å². The van der Waals surface area contributed by atoms with Gasteiger partial charge in [0.05, 0.1) is 24.2 Å². The molecule has 5 heteroatoms. The Morgan fingerprint density at radius 3 is 2.40 bits per heavy atom. The van der Waals surface area contributed by atoms with Crippen LogP contribution in [0.2, 0.25) is 0 Å². The summed E-state index contributed by atoms with van der Waals surface area (Å²) >= 11 is 0. The quantitative estimate of drug-likeness (QED) is 0.216. The number of aryl methyl sites for hydroxylation is 1. The molecule has 0 aliphatic heterocycles. The molecular formula is C30H25N3O2. The van der Waals surface area contributed by atoms with E-state index in [0.29, 0.717) is 17.8 Å². The van der Waals surface area contributed by atoms with E-state index < -0.39 is 0 Å². The van der Waals surface area contributed by atoms with Gasteiger partial charge >= 0.3 is 0 Å². The van der Waals surface area contributed by atoms with Gasteiger partial charge in [0.2, 0.25) is 0 Å². The van der Waals surface area contributed by atoms with Crippen molar-refractivity contribution in [1.29, 1.82) is 0 Å². The van der Waals surface area contributed by atoms with Gasteiger partial charge in [-0.1, -0.05) is 66.7 Å². The van der Waals surface area contributed by atoms with Crippen LogP contribution in [-0.4, -0.2) is 26.3 Å². The number of nitrogens with zero attached hydrogens (tertiary/aromatic N) is 3. The summed E-state index contributed by atoms with van der Waals surface area (Å²) in [7, 11) is 0. The van der Waals surface area contributed by atoms with Gasteiger partial charge in [-0.25, -0.2) is 0 Å². The second-order valence-corrected chi connectivity index (χ2v) is 8.73. The molecule has 35 heavy (non-hydrogen) atoms. The van der Waals surface area contributed by atoms with Gasteiger partial charge in [-0.05, 0) is 47.9 Å². The smallest absolute Gasteiger partial charge is 0.188 e. The molecule has 0 saturated carbocycles. The fraction of sp³-hybridized carbons (Fsp3) is 0.133. The molecule has 0 bridgehead atoms. The average molecular weight is 460 g/mol. The van der Waals surface area contributed by atoms with E-state index in [2.05, 4.69) is 29.2 Å². The van der Waals surface area contributed by atoms with Crippen LogP contribution in [0.3, 0.4) is 0 Å². The average Bonchev–Trinajstić information content (AvgIpc) is 3.21. The lowest BCUT2D eigenvalue weighted by atomic mass is 10.0. The minimum Gasteiger partial charge on any atom is -0.294 e. The number of ketones is 2. The van der Waals surface area contributed by atoms with E-state index in [4.69, 9.17) is 5.10 Å². The minimum atomic E-state index is -0.271. The van der Waals surface area contributed by atoms with Gasteiger partial charge < -0.3 is 0 Å². The zero-order valence-corrected chi connectivity index (χ0v) is 19.5. The lowest BCUT2D eigenvalue weighted by Gasteiger charge is -2.07. The monoisotopic (exact) mass is 459 g/mol. The van der Waals surface area contributed by atoms with Crippen molar-refractivity contribution >= 4 is 22.5 Å². The third-order valence-electron chi connectivity index (χ3n) is 6.05. The number of hydrogen-bond donors (Lipinski definition) is 0. The second kappa shape index (κ2) is 9.85. The first kappa shape index (κ1) is 22.4. The van der Waals surface area contributed by atoms with Crippen molar-refractivity contribution in [3.63, 3.8) is 0 Å². The first-order chi connectivity index (χ1) is 17.1. The second-order valence-electron chi connectivity index (χ2n) is 8.73. The maximum absolute atomic E-state index is 12.9. The molecule has 2 aromatic heterocycles. The van der Waals surface area contributed by atoms with E-state index in [1.165, 1.54) is 5.56 Å². The molecule has 0 unspecified atom stereocenters. The van der Waals surface area contributed by atoms with Crippen LogP contribution in [0.5, 0.6) is 0 Å². The molecule has 0 N–H and O–H groups in total. The van der Waals surface area contributed by atoms with Crippen LogP contribution < -0.4 is 0 Å². The molecule has 0 radical (unpaired) electrons. The van der Waals surface area contributed by atoms with Crippen molar-refractivity contribution in [2.75, 3.05) is 0 Å². The molecule has 3 aromatic carbocycles. The molecule has 0 amide bonds. The largest absolute Gasteiger partial charge is 0.294 e. The maximum Gasteiger partial charge on any atom is 0.188 e. The van der Waals surface area contributed by atoms with Crippen LogP contribution in [0, 0.1) is 6.92 Å². The third-order valence-corrected chi connectivity index (χ3v) is 6.05. The topological polar surface area (TPSA) is 64.8 Å². The zero-order chi connectivity index (χ0) is 24.2. The van der Waals surface area contributed by atoms with E-state index in [9.17, 15) is 9.59 Å². The molecule has 0 aliphatic carbocycles. The first-order valence-electron chi connectivity index (χ1n) is 11.6. The van der Waals surface area contributed by atoms with Crippen molar-refractivity contribution < 1.29 is 9.59 Å². The van der Waals surface area contributed by atoms with Crippen molar-refractivity contribution in [2.24, 2.45) is 0 Å². The van der Waals surface area contributed by atoms with Crippen molar-refractivity contribution in [2.45, 2.75) is 26.3 Å². The van der Waals surface area contributed by atoms with Gasteiger partial charge in [-0.3, -0.25) is 19.3 Å². The summed E-state index contributed by atoms with van der Waals surface area (Å²) in [5.41, 5.74) is 6.02. The number of benzene rings is 3. The number of Topliss-reactive ketones (excluding diaryl/α,β-unsaturated/α-hetero) is 2. The summed E-state index contributed by atoms with van der Waals surface area (Å²) in [4.78, 5) is 29.5. The highest BCUT2D eigenvalue weighted by atomic mass is 16.1. The Kier molecular flexibility index (Phi) is 6.31. The summed E-state index contributed by atoms with van der Waals surface area (Å²) in [5.74, 6) is -0.483. The Balaban J connectivity index is 1.37. The van der Waals surface area contributed by atoms with E-state index in [1.54, 1.807) is 18.3 Å². The highest BCUT2D eigenvalue weighted by Gasteiger charge is 2.16. The number of carbonyl (C=O) groups excluding carboxylic acids is 2. The van der Waals surface area contributed by atoms with Gasteiger partial charge in [0.1, 0.15) is 5.69 Å². The molecule has 2 heterocycles. The van der Waals surface area contributed by atoms with Gasteiger partial charge in [-0.2, -0.15) is 5.10 Å². The van der Waals surface area contributed by atoms with E-state index in [1.807, 2.05) is 66.2 Å². The predicted octanol–water partition coefficient (Wildman–Crippen LogP) is 5.83. The Bertz CT molecular complexity index is 1520. The summed E-state index contributed by atoms with van der Waals surface area (Å²) < 4.78 is 1.99. The van der Waals surface area contributed by atoms with Gasteiger partial charge in [0, 0.05) is 23.6 Å². The molecule has 0 spiro atoms. The summed E-state index contributed by atoms with van der Waals surface area (Å²) in [6.45, 7) is 2.43. The van der Waals surface area contributed by atoms with Crippen LogP contribution in [-0.2, 0) is 13.0 Å². The molecular weight excluding hydrogens is 434 g/mol. The molecule has 5 rings (SSSR count). The summed E-state index contributed by atoms with van der Waals surface area (Å²) in [6.07, 6.45) is 2.14. The number of aromatic nitrogens is 3. The molecule has 5 nitrogen and oxygen atoms in total. The van der Waals surface area contributed by atoms with Crippen LogP contribution in [0.4, 0.5) is 0 Å². The predicted molar refractivity (Wildman–Crippen MR) is 137 cm³/mol. The van der Waals surface area contributed by atoms with Gasteiger partial charge in [0.25, 0.3) is 0 Å². The fourth-order valence-electron chi connectivity index (χ4n) is 4.28. The fourth-order valence-corrected chi connectivity index (χ4v) is 4.28. The molecule has 0 atom stereocenters. The van der Waals surface area contributed by atoms with Crippen LogP contribution in [0.15, 0.2) is 97.2 Å². The maximum atomic E-state index is 12.9. The molecule has 0 fully saturated rings. The van der Waals surface area contributed by atoms with Crippen molar-refractivity contribution in [1.82, 2.24) is 14.8 Å². The van der Waals surface area contributed by atoms with Crippen molar-refractivity contribution in [3.05, 3.63) is 131 Å². The number of para-hydroxylation sites is 1. The van der Waals surface area contributed by atoms with Crippen LogP contribution in [0.25, 0.3) is 10.9 Å². The summed E-state index contributed by atoms with van der Waals surface area (Å²) in [6, 6.07) is 29.5. The SMILES string of the molecule is Cc1ccnc(C(=O)CC(=O)c2cccc(Cn3nc(Cc4ccccc4)c4ccccc43)c2)c1. The molecule has 0 aliphatic rings. The molecule has 172 valence electrons. The number of carbonyl (C=O) groups is 2. The van der Waals surface area contributed by atoms with Crippen LogP contribution in [0.1, 0.15) is 49.7 Å². The van der Waals surface area contributed by atoms with Gasteiger partial charge in [0.15, 0.2) is 11.6 Å². The Hall–Kier alpha value is -4.38. The highest BCUT2D eigenvalue weighted by Crippen LogP contribution is 2.22. The normalized spacial score (nSPS) is 11.0. The zero-order valence-electron chi connectivity index (χ0n) is 19.5. The molecule has 0 saturated heterocycles. The number of pyridine rings is 1. The number of hydrogen-bond acceptors (Lipinski definition) is 4. The first-order valence-corrected chi connectivity index (χ1v) is 11.6. The summed E-state index contributed by atoms with van der Waals surface area (Å²) in [5, 5.41) is 6.04. The highest BCUT2D eigenvalue weighted by molar-refractivity contribution is 6.12.